The molecule has 0 rings (SSSR count). The van der Waals surface area contributed by atoms with Gasteiger partial charge in [-0.15, -0.1) is 0 Å². The topological polar surface area (TPSA) is 135 Å². The second kappa shape index (κ2) is 3.66. The van der Waals surface area contributed by atoms with E-state index in [0.717, 1.165) is 0 Å². The van der Waals surface area contributed by atoms with Crippen LogP contribution in [0.1, 0.15) is 6.42 Å². The van der Waals surface area contributed by atoms with Gasteiger partial charge in [0.15, 0.2) is 0 Å². The Morgan fingerprint density at radius 3 is 1.50 bits per heavy atom. The molecule has 0 amide bonds. The Kier molecular flexibility index (Phi) is 3.59. The molecular formula is C3H9NO6S2. The highest BCUT2D eigenvalue weighted by atomic mass is 32.3. The summed E-state index contributed by atoms with van der Waals surface area (Å²) in [5, 5.41) is 0. The fourth-order valence-corrected chi connectivity index (χ4v) is 2.68. The van der Waals surface area contributed by atoms with Gasteiger partial charge in [0.1, 0.15) is 0 Å². The maximum absolute atomic E-state index is 10.3. The van der Waals surface area contributed by atoms with Gasteiger partial charge in [-0.25, -0.2) is 0 Å². The minimum Gasteiger partial charge on any atom is -0.330 e. The molecule has 0 bridgehead atoms. The minimum atomic E-state index is -4.80. The maximum atomic E-state index is 10.3. The molecule has 12 heavy (non-hydrogen) atoms. The molecule has 0 heterocycles. The zero-order valence-corrected chi connectivity index (χ0v) is 7.55. The minimum absolute atomic E-state index is 0.274. The molecule has 0 saturated heterocycles. The first-order chi connectivity index (χ1) is 5.19. The molecule has 0 saturated carbocycles. The van der Waals surface area contributed by atoms with Crippen LogP contribution in [0.5, 0.6) is 0 Å². The molecule has 0 aliphatic carbocycles. The van der Waals surface area contributed by atoms with Gasteiger partial charge < -0.3 is 5.73 Å². The molecule has 7 nitrogen and oxygen atoms in total. The van der Waals surface area contributed by atoms with E-state index in [-0.39, 0.29) is 6.54 Å². The third-order valence-electron chi connectivity index (χ3n) is 1.07. The van der Waals surface area contributed by atoms with Crippen molar-refractivity contribution in [1.82, 2.24) is 0 Å². The Bertz CT molecular complexity index is 296. The summed E-state index contributed by atoms with van der Waals surface area (Å²) in [6.07, 6.45) is -0.544. The summed E-state index contributed by atoms with van der Waals surface area (Å²) in [5.41, 5.74) is 4.87. The van der Waals surface area contributed by atoms with Crippen molar-refractivity contribution in [3.05, 3.63) is 0 Å². The number of hydrogen-bond donors (Lipinski definition) is 3. The molecule has 74 valence electrons. The maximum Gasteiger partial charge on any atom is 0.284 e. The highest BCUT2D eigenvalue weighted by Gasteiger charge is 2.34. The molecule has 0 aliphatic rings. The lowest BCUT2D eigenvalue weighted by Gasteiger charge is -2.07. The Labute approximate surface area is 70.1 Å². The van der Waals surface area contributed by atoms with Gasteiger partial charge in [-0.1, -0.05) is 0 Å². The van der Waals surface area contributed by atoms with Gasteiger partial charge in [0.05, 0.1) is 0 Å². The van der Waals surface area contributed by atoms with E-state index in [1.807, 2.05) is 0 Å². The third-order valence-corrected chi connectivity index (χ3v) is 4.33. The van der Waals surface area contributed by atoms with E-state index >= 15 is 0 Å². The first-order valence-electron chi connectivity index (χ1n) is 2.82. The van der Waals surface area contributed by atoms with E-state index in [2.05, 4.69) is 0 Å². The lowest BCUT2D eigenvalue weighted by molar-refractivity contribution is 0.451. The Morgan fingerprint density at radius 1 is 1.08 bits per heavy atom. The van der Waals surface area contributed by atoms with Gasteiger partial charge >= 0.3 is 0 Å². The van der Waals surface area contributed by atoms with Crippen molar-refractivity contribution in [3.8, 4) is 0 Å². The second-order valence-corrected chi connectivity index (χ2v) is 5.53. The molecule has 0 radical (unpaired) electrons. The summed E-state index contributed by atoms with van der Waals surface area (Å²) in [5.74, 6) is 0. The normalized spacial score (nSPS) is 13.7. The van der Waals surface area contributed by atoms with E-state index in [4.69, 9.17) is 14.8 Å². The third kappa shape index (κ3) is 3.45. The van der Waals surface area contributed by atoms with E-state index in [0.29, 0.717) is 0 Å². The summed E-state index contributed by atoms with van der Waals surface area (Å²) >= 11 is 0. The van der Waals surface area contributed by atoms with Crippen molar-refractivity contribution in [2.75, 3.05) is 6.54 Å². The smallest absolute Gasteiger partial charge is 0.284 e. The molecule has 0 spiro atoms. The molecule has 0 aromatic heterocycles. The monoisotopic (exact) mass is 219 g/mol. The molecule has 9 heteroatoms. The van der Waals surface area contributed by atoms with Gasteiger partial charge in [0.2, 0.25) is 4.58 Å². The zero-order valence-electron chi connectivity index (χ0n) is 5.91. The van der Waals surface area contributed by atoms with E-state index in [1.165, 1.54) is 0 Å². The summed E-state index contributed by atoms with van der Waals surface area (Å²) in [7, 11) is -9.61. The molecule has 0 fully saturated rings. The van der Waals surface area contributed by atoms with Crippen LogP contribution in [0.25, 0.3) is 0 Å². The van der Waals surface area contributed by atoms with Crippen molar-refractivity contribution in [2.45, 2.75) is 11.0 Å². The van der Waals surface area contributed by atoms with Gasteiger partial charge in [-0.3, -0.25) is 9.11 Å². The van der Waals surface area contributed by atoms with Crippen molar-refractivity contribution in [2.24, 2.45) is 5.73 Å². The molecule has 0 aromatic carbocycles. The summed E-state index contributed by atoms with van der Waals surface area (Å²) in [6, 6.07) is 0. The molecule has 0 atom stereocenters. The van der Waals surface area contributed by atoms with E-state index < -0.39 is 31.2 Å². The average molecular weight is 219 g/mol. The van der Waals surface area contributed by atoms with Crippen molar-refractivity contribution < 1.29 is 25.9 Å². The van der Waals surface area contributed by atoms with Gasteiger partial charge in [-0.05, 0) is 13.0 Å². The summed E-state index contributed by atoms with van der Waals surface area (Å²) < 4.78 is 55.7. The molecule has 0 unspecified atom stereocenters. The van der Waals surface area contributed by atoms with Crippen LogP contribution < -0.4 is 5.73 Å². The van der Waals surface area contributed by atoms with E-state index in [1.54, 1.807) is 0 Å². The fraction of sp³-hybridized carbons (Fsp3) is 1.00. The highest BCUT2D eigenvalue weighted by Crippen LogP contribution is 2.09. The van der Waals surface area contributed by atoms with Crippen LogP contribution in [-0.2, 0) is 20.2 Å². The second-order valence-electron chi connectivity index (χ2n) is 2.04. The number of hydrogen-bond acceptors (Lipinski definition) is 5. The Hall–Kier alpha value is -0.220. The van der Waals surface area contributed by atoms with Crippen LogP contribution in [0.15, 0.2) is 0 Å². The van der Waals surface area contributed by atoms with Crippen molar-refractivity contribution >= 4 is 20.2 Å². The average Bonchev–Trinajstić information content (AvgIpc) is 1.77. The highest BCUT2D eigenvalue weighted by molar-refractivity contribution is 8.03. The SMILES string of the molecule is NCCC(S(=O)(=O)O)S(=O)(=O)O. The Balaban J connectivity index is 4.97. The first kappa shape index (κ1) is 11.8. The van der Waals surface area contributed by atoms with Gasteiger partial charge in [0, 0.05) is 0 Å². The van der Waals surface area contributed by atoms with Crippen LogP contribution in [0, 0.1) is 0 Å². The van der Waals surface area contributed by atoms with Crippen LogP contribution in [0.3, 0.4) is 0 Å². The Morgan fingerprint density at radius 2 is 1.42 bits per heavy atom. The van der Waals surface area contributed by atoms with E-state index in [9.17, 15) is 16.8 Å². The zero-order chi connectivity index (χ0) is 9.99. The van der Waals surface area contributed by atoms with Gasteiger partial charge in [0.25, 0.3) is 20.2 Å². The van der Waals surface area contributed by atoms with Gasteiger partial charge in [-0.2, -0.15) is 16.8 Å². The lowest BCUT2D eigenvalue weighted by atomic mass is 10.5. The van der Waals surface area contributed by atoms with Crippen LogP contribution in [0.4, 0.5) is 0 Å². The predicted molar refractivity (Wildman–Crippen MR) is 40.6 cm³/mol. The van der Waals surface area contributed by atoms with Crippen LogP contribution in [0.2, 0.25) is 0 Å². The largest absolute Gasteiger partial charge is 0.330 e. The molecule has 4 N–H and O–H groups in total. The lowest BCUT2D eigenvalue weighted by Crippen LogP contribution is -2.31. The molecular weight excluding hydrogens is 210 g/mol. The molecule has 0 aliphatic heterocycles. The summed E-state index contributed by atoms with van der Waals surface area (Å²) in [4.78, 5) is 0. The standard InChI is InChI=1S/C3H9NO6S2/c4-2-1-3(11(5,6)7)12(8,9)10/h3H,1-2,4H2,(H,5,6,7)(H,8,9,10). The van der Waals surface area contributed by atoms with Crippen LogP contribution in [-0.4, -0.2) is 37.1 Å². The van der Waals surface area contributed by atoms with Crippen molar-refractivity contribution in [3.63, 3.8) is 0 Å². The first-order valence-corrected chi connectivity index (χ1v) is 5.83. The number of nitrogens with two attached hydrogens (primary N) is 1. The molecule has 0 aromatic rings. The summed E-state index contributed by atoms with van der Waals surface area (Å²) in [6.45, 7) is -0.274. The number of rotatable bonds is 4. The predicted octanol–water partition coefficient (Wildman–Crippen LogP) is -1.56. The quantitative estimate of drug-likeness (QED) is 0.486. The fourth-order valence-electron chi connectivity index (χ4n) is 0.588. The van der Waals surface area contributed by atoms with Crippen molar-refractivity contribution in [1.29, 1.82) is 0 Å². The van der Waals surface area contributed by atoms with Crippen LogP contribution >= 0.6 is 0 Å².